The summed E-state index contributed by atoms with van der Waals surface area (Å²) in [5.74, 6) is 0. The van der Waals surface area contributed by atoms with Crippen molar-refractivity contribution in [3.63, 3.8) is 0 Å². The predicted octanol–water partition coefficient (Wildman–Crippen LogP) is -16.4. The van der Waals surface area contributed by atoms with Crippen molar-refractivity contribution in [1.82, 2.24) is 0 Å². The Morgan fingerprint density at radius 1 is 0.220 bits per heavy atom. The molecule has 0 aromatic rings. The summed E-state index contributed by atoms with van der Waals surface area (Å²) >= 11 is 0. The Morgan fingerprint density at radius 2 is 0.473 bits per heavy atom. The van der Waals surface area contributed by atoms with E-state index in [1.54, 1.807) is 0 Å². The first-order valence-corrected chi connectivity index (χ1v) is 29.3. The normalized spacial score (nSPS) is 54.1. The molecule has 0 saturated carbocycles. The third-order valence-corrected chi connectivity index (χ3v) is 17.2. The third kappa shape index (κ3) is 15.2. The molecule has 0 aromatic heterocycles. The first-order valence-electron chi connectivity index (χ1n) is 29.3. The van der Waals surface area contributed by atoms with Crippen molar-refractivity contribution in [3.05, 3.63) is 0 Å². The molecule has 22 N–H and O–H groups in total. The van der Waals surface area contributed by atoms with E-state index in [0.717, 1.165) is 0 Å². The molecule has 10 rings (SSSR count). The van der Waals surface area contributed by atoms with Crippen molar-refractivity contribution in [3.8, 4) is 0 Å². The van der Waals surface area contributed by atoms with Gasteiger partial charge in [0.1, 0.15) is 183 Å². The zero-order valence-electron chi connectivity index (χ0n) is 47.8. The summed E-state index contributed by atoms with van der Waals surface area (Å²) in [4.78, 5) is 0. The molecule has 0 amide bonds. The highest BCUT2D eigenvalue weighted by molar-refractivity contribution is 5.00. The minimum Gasteiger partial charge on any atom is -0.394 e. The molecule has 10 saturated heterocycles. The lowest BCUT2D eigenvalue weighted by molar-refractivity contribution is -0.391. The van der Waals surface area contributed by atoms with E-state index >= 15 is 0 Å². The monoisotopic (exact) mass is 1340 g/mol. The Hall–Kier alpha value is -1.64. The molecule has 0 radical (unpaired) electrons. The standard InChI is InChI=1S/C50H82O41/c51-1-12-22(57)33(68)45(79-12)88-37-19(86-42-30(65)21(56)11(55)5-74-42)9-77-49(39(37)90-47-35(70)24(59)14(3-53)81-47)85-18-8-76-44(32(67)28(18)63)87-20-10-78-50(84-17-7-75-43(31(66)27(17)62)83-16-6-73-41(72)29(64)26(16)61)40(91-48-36(71)25(60)15(4-54)82-48)38(20)89-46-34(69)23(58)13(2-52)80-46/h11-72H,1-10H2/t11-,12+,13+,14+,15+,16-,17-,18-,19-,20-,21+,22+,23+,24+,25+,26+,27+,28+,29-,30-,31-,32-,33-,34-,35-,36-,37+,38+,39-,40-,41-,42+,43+,44+,45+,46+,47+,48+,49+,50+/m1/s1. The summed E-state index contributed by atoms with van der Waals surface area (Å²) in [6.07, 6.45) is -72.3. The molecular formula is C50H82O41. The van der Waals surface area contributed by atoms with Gasteiger partial charge in [-0.15, -0.1) is 0 Å². The molecule has 528 valence electrons. The van der Waals surface area contributed by atoms with Gasteiger partial charge in [0.2, 0.25) is 0 Å². The first kappa shape index (κ1) is 72.1. The number of hydrogen-bond donors (Lipinski definition) is 22. The fraction of sp³-hybridized carbons (Fsp3) is 1.00. The van der Waals surface area contributed by atoms with Gasteiger partial charge in [0, 0.05) is 0 Å². The number of ether oxygens (including phenoxy) is 19. The van der Waals surface area contributed by atoms with E-state index < -0.39 is 312 Å². The zero-order valence-corrected chi connectivity index (χ0v) is 47.8. The van der Waals surface area contributed by atoms with E-state index in [9.17, 15) is 112 Å². The Labute approximate surface area is 513 Å². The van der Waals surface area contributed by atoms with E-state index in [-0.39, 0.29) is 0 Å². The van der Waals surface area contributed by atoms with Crippen LogP contribution in [-0.2, 0) is 90.0 Å². The molecule has 91 heavy (non-hydrogen) atoms. The summed E-state index contributed by atoms with van der Waals surface area (Å²) in [5.41, 5.74) is 0. The molecule has 0 spiro atoms. The van der Waals surface area contributed by atoms with E-state index in [1.165, 1.54) is 0 Å². The van der Waals surface area contributed by atoms with Gasteiger partial charge >= 0.3 is 0 Å². The van der Waals surface area contributed by atoms with Crippen LogP contribution in [-0.4, -0.2) is 424 Å². The zero-order chi connectivity index (χ0) is 65.6. The average Bonchev–Trinajstić information content (AvgIpc) is 1.80. The van der Waals surface area contributed by atoms with Crippen LogP contribution in [0.5, 0.6) is 0 Å². The second kappa shape index (κ2) is 31.1. The molecule has 40 atom stereocenters. The largest absolute Gasteiger partial charge is 0.394 e. The first-order chi connectivity index (χ1) is 43.4. The maximum Gasteiger partial charge on any atom is 0.187 e. The summed E-state index contributed by atoms with van der Waals surface area (Å²) in [7, 11) is 0. The van der Waals surface area contributed by atoms with Crippen molar-refractivity contribution < 1.29 is 202 Å². The topological polar surface area (TPSA) is 620 Å². The average molecular weight is 1340 g/mol. The highest BCUT2D eigenvalue weighted by Gasteiger charge is 2.59. The van der Waals surface area contributed by atoms with Gasteiger partial charge in [-0.1, -0.05) is 0 Å². The van der Waals surface area contributed by atoms with E-state index in [2.05, 4.69) is 0 Å². The van der Waals surface area contributed by atoms with Gasteiger partial charge in [0.15, 0.2) is 62.9 Å². The summed E-state index contributed by atoms with van der Waals surface area (Å²) in [5, 5.41) is 235. The van der Waals surface area contributed by atoms with Gasteiger partial charge in [0.25, 0.3) is 0 Å². The molecule has 10 fully saturated rings. The van der Waals surface area contributed by atoms with E-state index in [0.29, 0.717) is 0 Å². The minimum atomic E-state index is -2.21. The van der Waals surface area contributed by atoms with E-state index in [1.807, 2.05) is 0 Å². The predicted molar refractivity (Wildman–Crippen MR) is 270 cm³/mol. The Morgan fingerprint density at radius 3 is 0.813 bits per heavy atom. The maximum atomic E-state index is 11.9. The number of aliphatic hydroxyl groups is 22. The summed E-state index contributed by atoms with van der Waals surface area (Å²) in [6, 6.07) is 0. The summed E-state index contributed by atoms with van der Waals surface area (Å²) in [6.45, 7) is -7.35. The molecule has 0 bridgehead atoms. The molecule has 0 unspecified atom stereocenters. The van der Waals surface area contributed by atoms with Gasteiger partial charge in [-0.25, -0.2) is 0 Å². The molecule has 0 aromatic carbocycles. The molecule has 0 aliphatic carbocycles. The van der Waals surface area contributed by atoms with Crippen molar-refractivity contribution >= 4 is 0 Å². The van der Waals surface area contributed by atoms with Gasteiger partial charge in [-0.05, 0) is 0 Å². The van der Waals surface area contributed by atoms with Gasteiger partial charge in [-0.2, -0.15) is 0 Å². The van der Waals surface area contributed by atoms with Gasteiger partial charge in [-0.3, -0.25) is 0 Å². The lowest BCUT2D eigenvalue weighted by Gasteiger charge is -2.48. The van der Waals surface area contributed by atoms with Crippen LogP contribution in [0.3, 0.4) is 0 Å². The van der Waals surface area contributed by atoms with Crippen LogP contribution in [0.4, 0.5) is 0 Å². The third-order valence-electron chi connectivity index (χ3n) is 17.2. The highest BCUT2D eigenvalue weighted by Crippen LogP contribution is 2.39. The van der Waals surface area contributed by atoms with Crippen LogP contribution >= 0.6 is 0 Å². The second-order valence-electron chi connectivity index (χ2n) is 23.3. The van der Waals surface area contributed by atoms with Crippen molar-refractivity contribution in [2.75, 3.05) is 66.1 Å². The molecular weight excluding hydrogens is 1260 g/mol. The molecule has 41 nitrogen and oxygen atoms in total. The van der Waals surface area contributed by atoms with Crippen LogP contribution in [0, 0.1) is 0 Å². The highest BCUT2D eigenvalue weighted by atomic mass is 16.8. The van der Waals surface area contributed by atoms with Crippen molar-refractivity contribution in [1.29, 1.82) is 0 Å². The lowest BCUT2D eigenvalue weighted by Crippen LogP contribution is -2.65. The Kier molecular flexibility index (Phi) is 24.6. The molecule has 10 heterocycles. The Balaban J connectivity index is 0.894. The van der Waals surface area contributed by atoms with Gasteiger partial charge < -0.3 is 202 Å². The second-order valence-corrected chi connectivity index (χ2v) is 23.3. The quantitative estimate of drug-likeness (QED) is 0.0479. The Bertz CT molecular complexity index is 2240. The molecule has 10 aliphatic rings. The van der Waals surface area contributed by atoms with Crippen molar-refractivity contribution in [2.24, 2.45) is 0 Å². The lowest BCUT2D eigenvalue weighted by atomic mass is 10.0. The van der Waals surface area contributed by atoms with E-state index in [4.69, 9.17) is 90.0 Å². The fourth-order valence-electron chi connectivity index (χ4n) is 11.8. The summed E-state index contributed by atoms with van der Waals surface area (Å²) < 4.78 is 111. The van der Waals surface area contributed by atoms with Crippen LogP contribution in [0.1, 0.15) is 0 Å². The fourth-order valence-corrected chi connectivity index (χ4v) is 11.8. The molecule has 41 heteroatoms. The molecule has 10 aliphatic heterocycles. The number of hydrogen-bond acceptors (Lipinski definition) is 41. The number of rotatable bonds is 22. The van der Waals surface area contributed by atoms with Crippen LogP contribution in [0.15, 0.2) is 0 Å². The van der Waals surface area contributed by atoms with Gasteiger partial charge in [0.05, 0.1) is 66.1 Å². The smallest absolute Gasteiger partial charge is 0.187 e. The van der Waals surface area contributed by atoms with Crippen molar-refractivity contribution in [2.45, 2.75) is 246 Å². The SMILES string of the molecule is OC[C@@H]1O[C@@H](O[C@@H]2[C@@H](O[C@@H]3O[C@@H](CO)[C@H](O)[C@H]3O)[C@H](O[C@@H]3CO[C@@H](O[C@@H]4CO[C@@H](O[C@@H]5CO[C@@H](O[C@@H]6CO[C@@H](O)[C@H](O)[C@H]6O)[C@H](O)[C@H]5O)[C@H](O[C@@H]5O[C@@H](CO)[C@H](O)[C@H]5O)[C@H]4O[C@@H]4O[C@@H](CO)[C@H](O)[C@H]4O)[C@H](O)[C@H]3O)OC[C@H]2O[C@@H]2OC[C@@H](O)[C@H](O)[C@H]2O)[C@H](O)[C@H]1O. The van der Waals surface area contributed by atoms with Crippen LogP contribution in [0.2, 0.25) is 0 Å². The number of aliphatic hydroxyl groups excluding tert-OH is 22. The minimum absolute atomic E-state index is 0.492. The van der Waals surface area contributed by atoms with Crippen LogP contribution in [0.25, 0.3) is 0 Å². The maximum absolute atomic E-state index is 11.9. The van der Waals surface area contributed by atoms with Crippen LogP contribution < -0.4 is 0 Å².